The Balaban J connectivity index is 1.77. The summed E-state index contributed by atoms with van der Waals surface area (Å²) in [6.45, 7) is 1.94. The fourth-order valence-corrected chi connectivity index (χ4v) is 2.38. The molecule has 0 spiro atoms. The normalized spacial score (nSPS) is 10.7. The van der Waals surface area contributed by atoms with Gasteiger partial charge in [0.25, 0.3) is 0 Å². The molecule has 6 heteroatoms. The zero-order valence-corrected chi connectivity index (χ0v) is 12.8. The molecular weight excluding hydrogens is 297 g/mol. The zero-order valence-electron chi connectivity index (χ0n) is 12.8. The van der Waals surface area contributed by atoms with E-state index in [1.165, 1.54) is 12.3 Å². The molecule has 118 valence electrons. The van der Waals surface area contributed by atoms with Gasteiger partial charge < -0.3 is 14.5 Å². The maximum Gasteiger partial charge on any atom is 0.230 e. The first-order valence-electron chi connectivity index (χ1n) is 7.13. The number of halogens is 1. The topological polar surface area (TPSA) is 55.6 Å². The highest BCUT2D eigenvalue weighted by atomic mass is 19.1. The maximum atomic E-state index is 13.2. The zero-order chi connectivity index (χ0) is 16.4. The van der Waals surface area contributed by atoms with Crippen LogP contribution in [0.1, 0.15) is 11.3 Å². The van der Waals surface area contributed by atoms with Crippen LogP contribution in [0.25, 0.3) is 5.65 Å². The van der Waals surface area contributed by atoms with Crippen molar-refractivity contribution >= 4 is 17.2 Å². The Labute approximate surface area is 132 Å². The first kappa shape index (κ1) is 15.0. The summed E-state index contributed by atoms with van der Waals surface area (Å²) in [5.41, 5.74) is 2.80. The first-order valence-corrected chi connectivity index (χ1v) is 7.13. The van der Waals surface area contributed by atoms with Gasteiger partial charge in [-0.1, -0.05) is 6.07 Å². The number of anilines is 1. The second kappa shape index (κ2) is 6.08. The van der Waals surface area contributed by atoms with Crippen LogP contribution in [0.2, 0.25) is 0 Å². The summed E-state index contributed by atoms with van der Waals surface area (Å²) in [5.74, 6) is 0.0363. The highest BCUT2D eigenvalue weighted by molar-refractivity contribution is 5.93. The van der Waals surface area contributed by atoms with Crippen LogP contribution in [-0.2, 0) is 11.2 Å². The third-order valence-electron chi connectivity index (χ3n) is 3.44. The minimum absolute atomic E-state index is 0.0976. The minimum Gasteiger partial charge on any atom is -0.495 e. The number of pyridine rings is 1. The van der Waals surface area contributed by atoms with Crippen molar-refractivity contribution in [1.82, 2.24) is 9.38 Å². The van der Waals surface area contributed by atoms with Crippen LogP contribution >= 0.6 is 0 Å². The number of carbonyl (C=O) groups excluding carboxylic acids is 1. The van der Waals surface area contributed by atoms with Gasteiger partial charge in [-0.15, -0.1) is 0 Å². The third kappa shape index (κ3) is 3.31. The van der Waals surface area contributed by atoms with Crippen molar-refractivity contribution in [1.29, 1.82) is 0 Å². The van der Waals surface area contributed by atoms with E-state index >= 15 is 0 Å². The van der Waals surface area contributed by atoms with Gasteiger partial charge in [-0.25, -0.2) is 9.37 Å². The number of carbonyl (C=O) groups is 1. The number of hydrogen-bond acceptors (Lipinski definition) is 3. The van der Waals surface area contributed by atoms with Gasteiger partial charge in [-0.3, -0.25) is 4.79 Å². The SMILES string of the molecule is COc1ccc(C)cc1NC(=O)Cc1cn2cc(F)ccc2n1. The molecule has 5 nitrogen and oxygen atoms in total. The summed E-state index contributed by atoms with van der Waals surface area (Å²) in [6.07, 6.45) is 3.07. The van der Waals surface area contributed by atoms with Gasteiger partial charge in [0, 0.05) is 12.4 Å². The molecule has 0 saturated carbocycles. The van der Waals surface area contributed by atoms with Crippen LogP contribution in [0.15, 0.2) is 42.7 Å². The number of benzene rings is 1. The Hall–Kier alpha value is -2.89. The number of imidazole rings is 1. The molecule has 1 N–H and O–H groups in total. The van der Waals surface area contributed by atoms with Crippen molar-refractivity contribution < 1.29 is 13.9 Å². The van der Waals surface area contributed by atoms with Gasteiger partial charge in [0.1, 0.15) is 17.2 Å². The molecule has 0 aliphatic carbocycles. The van der Waals surface area contributed by atoms with Crippen molar-refractivity contribution in [3.63, 3.8) is 0 Å². The highest BCUT2D eigenvalue weighted by Crippen LogP contribution is 2.25. The third-order valence-corrected chi connectivity index (χ3v) is 3.44. The number of fused-ring (bicyclic) bond motifs is 1. The van der Waals surface area contributed by atoms with Crippen molar-refractivity contribution in [2.75, 3.05) is 12.4 Å². The number of methoxy groups -OCH3 is 1. The maximum absolute atomic E-state index is 13.2. The lowest BCUT2D eigenvalue weighted by atomic mass is 10.2. The number of amides is 1. The first-order chi connectivity index (χ1) is 11.0. The summed E-state index contributed by atoms with van der Waals surface area (Å²) in [6, 6.07) is 8.46. The van der Waals surface area contributed by atoms with E-state index in [1.807, 2.05) is 19.1 Å². The number of hydrogen-bond donors (Lipinski definition) is 1. The number of nitrogens with one attached hydrogen (secondary N) is 1. The summed E-state index contributed by atoms with van der Waals surface area (Å²) in [4.78, 5) is 16.5. The van der Waals surface area contributed by atoms with Crippen molar-refractivity contribution in [3.05, 3.63) is 59.8 Å². The van der Waals surface area contributed by atoms with Crippen LogP contribution in [0.5, 0.6) is 5.75 Å². The number of rotatable bonds is 4. The molecule has 23 heavy (non-hydrogen) atoms. The van der Waals surface area contributed by atoms with E-state index in [9.17, 15) is 9.18 Å². The van der Waals surface area contributed by atoms with E-state index < -0.39 is 0 Å². The van der Waals surface area contributed by atoms with E-state index in [4.69, 9.17) is 4.74 Å². The average Bonchev–Trinajstić information content (AvgIpc) is 2.88. The number of nitrogens with zero attached hydrogens (tertiary/aromatic N) is 2. The molecule has 3 aromatic rings. The lowest BCUT2D eigenvalue weighted by Gasteiger charge is -2.10. The molecule has 0 aliphatic heterocycles. The van der Waals surface area contributed by atoms with Crippen molar-refractivity contribution in [2.24, 2.45) is 0 Å². The lowest BCUT2D eigenvalue weighted by Crippen LogP contribution is -2.15. The number of aromatic nitrogens is 2. The number of aryl methyl sites for hydroxylation is 1. The molecule has 2 heterocycles. The molecule has 0 unspecified atom stereocenters. The Morgan fingerprint density at radius 2 is 2.13 bits per heavy atom. The standard InChI is InChI=1S/C17H16FN3O2/c1-11-3-5-15(23-2)14(7-11)20-17(22)8-13-10-21-9-12(18)4-6-16(21)19-13/h3-7,9-10H,8H2,1-2H3,(H,20,22). The molecule has 3 rings (SSSR count). The van der Waals surface area contributed by atoms with E-state index in [0.29, 0.717) is 22.8 Å². The molecule has 0 bridgehead atoms. The van der Waals surface area contributed by atoms with Gasteiger partial charge in [-0.2, -0.15) is 0 Å². The van der Waals surface area contributed by atoms with E-state index in [0.717, 1.165) is 5.56 Å². The highest BCUT2D eigenvalue weighted by Gasteiger charge is 2.11. The molecular formula is C17H16FN3O2. The molecule has 2 aromatic heterocycles. The fraction of sp³-hybridized carbons (Fsp3) is 0.176. The van der Waals surface area contributed by atoms with Crippen molar-refractivity contribution in [3.8, 4) is 5.75 Å². The van der Waals surface area contributed by atoms with Gasteiger partial charge >= 0.3 is 0 Å². The van der Waals surface area contributed by atoms with Gasteiger partial charge in [0.2, 0.25) is 5.91 Å². The summed E-state index contributed by atoms with van der Waals surface area (Å²) in [5, 5.41) is 2.82. The van der Waals surface area contributed by atoms with Gasteiger partial charge in [0.05, 0.1) is 24.9 Å². The minimum atomic E-state index is -0.351. The largest absolute Gasteiger partial charge is 0.495 e. The predicted molar refractivity (Wildman–Crippen MR) is 85.2 cm³/mol. The summed E-state index contributed by atoms with van der Waals surface area (Å²) < 4.78 is 20.0. The average molecular weight is 313 g/mol. The second-order valence-electron chi connectivity index (χ2n) is 5.27. The quantitative estimate of drug-likeness (QED) is 0.805. The molecule has 1 amide bonds. The lowest BCUT2D eigenvalue weighted by molar-refractivity contribution is -0.115. The van der Waals surface area contributed by atoms with Crippen LogP contribution in [0.4, 0.5) is 10.1 Å². The smallest absolute Gasteiger partial charge is 0.230 e. The molecule has 0 atom stereocenters. The van der Waals surface area contributed by atoms with Crippen LogP contribution in [0.3, 0.4) is 0 Å². The van der Waals surface area contributed by atoms with Crippen LogP contribution < -0.4 is 10.1 Å². The fourth-order valence-electron chi connectivity index (χ4n) is 2.38. The molecule has 0 radical (unpaired) electrons. The van der Waals surface area contributed by atoms with E-state index in [-0.39, 0.29) is 18.1 Å². The Bertz CT molecular complexity index is 873. The van der Waals surface area contributed by atoms with E-state index in [2.05, 4.69) is 10.3 Å². The van der Waals surface area contributed by atoms with Crippen molar-refractivity contribution in [2.45, 2.75) is 13.3 Å². The van der Waals surface area contributed by atoms with Crippen LogP contribution in [0, 0.1) is 12.7 Å². The van der Waals surface area contributed by atoms with Gasteiger partial charge in [0.15, 0.2) is 0 Å². The summed E-state index contributed by atoms with van der Waals surface area (Å²) in [7, 11) is 1.55. The second-order valence-corrected chi connectivity index (χ2v) is 5.27. The Morgan fingerprint density at radius 1 is 1.30 bits per heavy atom. The summed E-state index contributed by atoms with van der Waals surface area (Å²) >= 11 is 0. The monoisotopic (exact) mass is 313 g/mol. The van der Waals surface area contributed by atoms with Gasteiger partial charge in [-0.05, 0) is 36.8 Å². The van der Waals surface area contributed by atoms with E-state index in [1.54, 1.807) is 29.8 Å². The molecule has 0 aliphatic rings. The molecule has 0 saturated heterocycles. The molecule has 1 aromatic carbocycles. The predicted octanol–water partition coefficient (Wildman–Crippen LogP) is 2.97. The Kier molecular flexibility index (Phi) is 3.97. The molecule has 0 fully saturated rings. The number of ether oxygens (including phenoxy) is 1. The Morgan fingerprint density at radius 3 is 2.91 bits per heavy atom. The van der Waals surface area contributed by atoms with Crippen LogP contribution in [-0.4, -0.2) is 22.4 Å².